The first kappa shape index (κ1) is 52.1. The van der Waals surface area contributed by atoms with Crippen molar-refractivity contribution in [2.75, 3.05) is 0 Å². The van der Waals surface area contributed by atoms with Gasteiger partial charge in [-0.1, -0.05) is 317 Å². The van der Waals surface area contributed by atoms with E-state index < -0.39 is 0 Å². The summed E-state index contributed by atoms with van der Waals surface area (Å²) in [6.07, 6.45) is 64.7. The highest BCUT2D eigenvalue weighted by Crippen LogP contribution is 2.20. The van der Waals surface area contributed by atoms with Gasteiger partial charge in [-0.2, -0.15) is 0 Å². The molecule has 1 unspecified atom stereocenters. The summed E-state index contributed by atoms with van der Waals surface area (Å²) in [4.78, 5) is 0. The van der Waals surface area contributed by atoms with Crippen LogP contribution in [0.4, 0.5) is 0 Å². The van der Waals surface area contributed by atoms with E-state index in [0.29, 0.717) is 0 Å². The molecule has 0 N–H and O–H groups in total. The van der Waals surface area contributed by atoms with Crippen molar-refractivity contribution in [1.29, 1.82) is 0 Å². The van der Waals surface area contributed by atoms with Crippen LogP contribution in [0.1, 0.15) is 317 Å². The minimum Gasteiger partial charge on any atom is -0.0654 e. The van der Waals surface area contributed by atoms with E-state index in [0.717, 1.165) is 5.92 Å². The predicted molar refractivity (Wildman–Crippen MR) is 235 cm³/mol. The van der Waals surface area contributed by atoms with Gasteiger partial charge >= 0.3 is 0 Å². The molecule has 0 saturated heterocycles. The highest BCUT2D eigenvalue weighted by molar-refractivity contribution is 4.56. The van der Waals surface area contributed by atoms with E-state index in [1.165, 1.54) is 283 Å². The Kier molecular flexibility index (Phi) is 53.3. The van der Waals surface area contributed by atoms with Crippen LogP contribution in [-0.4, -0.2) is 0 Å². The molecule has 0 radical (unpaired) electrons. The van der Waals surface area contributed by atoms with E-state index in [4.69, 9.17) is 0 Å². The molecule has 0 bridgehead atoms. The maximum absolute atomic E-state index is 2.49. The molecular weight excluding hydrogens is 601 g/mol. The summed E-state index contributed by atoms with van der Waals surface area (Å²) in [7, 11) is 0. The zero-order valence-corrected chi connectivity index (χ0v) is 36.7. The predicted octanol–water partition coefficient (Wildman–Crippen LogP) is 19.9. The molecule has 0 spiro atoms. The van der Waals surface area contributed by atoms with Crippen LogP contribution in [0.25, 0.3) is 0 Å². The number of hydrogen-bond donors (Lipinski definition) is 0. The SMILES string of the molecule is CCCCCCCCCCCCCCCCCCCC.CCCCCCCCCCCCCCCCCCCCC(C)CCCCCCCC. The lowest BCUT2D eigenvalue weighted by molar-refractivity contribution is 0.430. The second-order valence-corrected chi connectivity index (χ2v) is 17.1. The highest BCUT2D eigenvalue weighted by Gasteiger charge is 2.02. The lowest BCUT2D eigenvalue weighted by Gasteiger charge is -2.11. The monoisotopic (exact) mass is 705 g/mol. The van der Waals surface area contributed by atoms with Gasteiger partial charge in [0.25, 0.3) is 0 Å². The molecule has 0 aliphatic heterocycles. The quantitative estimate of drug-likeness (QED) is 0.0554. The van der Waals surface area contributed by atoms with Gasteiger partial charge in [0.2, 0.25) is 0 Å². The van der Waals surface area contributed by atoms with Gasteiger partial charge in [0.1, 0.15) is 0 Å². The minimum atomic E-state index is 0.970. The van der Waals surface area contributed by atoms with Crippen molar-refractivity contribution in [3.63, 3.8) is 0 Å². The van der Waals surface area contributed by atoms with Crippen LogP contribution < -0.4 is 0 Å². The number of hydrogen-bond acceptors (Lipinski definition) is 0. The van der Waals surface area contributed by atoms with Gasteiger partial charge in [-0.05, 0) is 5.92 Å². The summed E-state index contributed by atoms with van der Waals surface area (Å²) in [5, 5.41) is 0. The molecule has 0 aromatic carbocycles. The minimum absolute atomic E-state index is 0.970. The Bertz CT molecular complexity index is 504. The molecule has 0 amide bonds. The second kappa shape index (κ2) is 51.1. The fraction of sp³-hybridized carbons (Fsp3) is 1.00. The Labute approximate surface area is 322 Å². The smallest absolute Gasteiger partial charge is 0.0443 e. The molecule has 1 atom stereocenters. The van der Waals surface area contributed by atoms with E-state index >= 15 is 0 Å². The molecular formula is C50H104. The molecule has 0 aliphatic carbocycles. The number of rotatable bonds is 43. The van der Waals surface area contributed by atoms with Crippen LogP contribution in [0.2, 0.25) is 0 Å². The molecule has 0 heteroatoms. The van der Waals surface area contributed by atoms with E-state index in [1.807, 2.05) is 0 Å². The Morgan fingerprint density at radius 3 is 0.440 bits per heavy atom. The third-order valence-corrected chi connectivity index (χ3v) is 11.6. The molecule has 0 nitrogen and oxygen atoms in total. The maximum atomic E-state index is 2.49. The molecule has 0 aromatic rings. The summed E-state index contributed by atoms with van der Waals surface area (Å²) in [5.41, 5.74) is 0. The first-order valence-corrected chi connectivity index (χ1v) is 24.7. The lowest BCUT2D eigenvalue weighted by atomic mass is 9.96. The Balaban J connectivity index is 0. The van der Waals surface area contributed by atoms with Gasteiger partial charge < -0.3 is 0 Å². The Morgan fingerprint density at radius 1 is 0.180 bits per heavy atom. The van der Waals surface area contributed by atoms with Crippen molar-refractivity contribution < 1.29 is 0 Å². The van der Waals surface area contributed by atoms with Crippen LogP contribution in [0.5, 0.6) is 0 Å². The third-order valence-electron chi connectivity index (χ3n) is 11.6. The molecule has 0 aliphatic rings. The largest absolute Gasteiger partial charge is 0.0654 e. The lowest BCUT2D eigenvalue weighted by Crippen LogP contribution is -1.95. The zero-order valence-electron chi connectivity index (χ0n) is 36.7. The molecule has 0 heterocycles. The fourth-order valence-corrected chi connectivity index (χ4v) is 7.79. The van der Waals surface area contributed by atoms with Gasteiger partial charge in [-0.25, -0.2) is 0 Å². The summed E-state index contributed by atoms with van der Waals surface area (Å²) in [6, 6.07) is 0. The van der Waals surface area contributed by atoms with Crippen molar-refractivity contribution >= 4 is 0 Å². The zero-order chi connectivity index (χ0) is 36.7. The van der Waals surface area contributed by atoms with Crippen molar-refractivity contribution in [2.24, 2.45) is 5.92 Å². The van der Waals surface area contributed by atoms with Crippen LogP contribution in [0, 0.1) is 5.92 Å². The molecule has 0 aromatic heterocycles. The van der Waals surface area contributed by atoms with Crippen molar-refractivity contribution in [3.8, 4) is 0 Å². The van der Waals surface area contributed by atoms with Gasteiger partial charge in [0.15, 0.2) is 0 Å². The van der Waals surface area contributed by atoms with Crippen LogP contribution in [-0.2, 0) is 0 Å². The Hall–Kier alpha value is 0. The van der Waals surface area contributed by atoms with E-state index in [9.17, 15) is 0 Å². The van der Waals surface area contributed by atoms with Crippen molar-refractivity contribution in [1.82, 2.24) is 0 Å². The maximum Gasteiger partial charge on any atom is -0.0443 e. The first-order valence-electron chi connectivity index (χ1n) is 24.7. The normalized spacial score (nSPS) is 11.9. The van der Waals surface area contributed by atoms with Crippen molar-refractivity contribution in [3.05, 3.63) is 0 Å². The summed E-state index contributed by atoms with van der Waals surface area (Å²) < 4.78 is 0. The molecule has 50 heavy (non-hydrogen) atoms. The van der Waals surface area contributed by atoms with Gasteiger partial charge in [-0.3, -0.25) is 0 Å². The number of unbranched alkanes of at least 4 members (excludes halogenated alkanes) is 39. The van der Waals surface area contributed by atoms with Gasteiger partial charge in [0, 0.05) is 0 Å². The molecule has 304 valence electrons. The van der Waals surface area contributed by atoms with Crippen LogP contribution in [0.15, 0.2) is 0 Å². The molecule has 0 saturated carbocycles. The molecule has 0 rings (SSSR count). The van der Waals surface area contributed by atoms with E-state index in [1.54, 1.807) is 0 Å². The average molecular weight is 705 g/mol. The fourth-order valence-electron chi connectivity index (χ4n) is 7.79. The average Bonchev–Trinajstić information content (AvgIpc) is 3.12. The third kappa shape index (κ3) is 52.4. The summed E-state index contributed by atoms with van der Waals surface area (Å²) >= 11 is 0. The Morgan fingerprint density at radius 2 is 0.300 bits per heavy atom. The first-order chi connectivity index (χ1) is 24.7. The second-order valence-electron chi connectivity index (χ2n) is 17.1. The van der Waals surface area contributed by atoms with Crippen LogP contribution >= 0.6 is 0 Å². The van der Waals surface area contributed by atoms with Gasteiger partial charge in [-0.15, -0.1) is 0 Å². The van der Waals surface area contributed by atoms with E-state index in [2.05, 4.69) is 34.6 Å². The standard InChI is InChI=1S/C30H62.C20H42/c1-4-6-8-10-12-13-14-15-16-17-18-19-20-21-22-23-25-27-29-30(3)28-26-24-11-9-7-5-2;1-3-5-7-9-11-13-15-17-19-20-18-16-14-12-10-8-6-4-2/h30H,4-29H2,1-3H3;3-20H2,1-2H3. The molecule has 0 fully saturated rings. The summed E-state index contributed by atoms with van der Waals surface area (Å²) in [6.45, 7) is 11.7. The van der Waals surface area contributed by atoms with E-state index in [-0.39, 0.29) is 0 Å². The topological polar surface area (TPSA) is 0 Å². The van der Waals surface area contributed by atoms with Crippen LogP contribution in [0.3, 0.4) is 0 Å². The van der Waals surface area contributed by atoms with Gasteiger partial charge in [0.05, 0.1) is 0 Å². The van der Waals surface area contributed by atoms with Crippen molar-refractivity contribution in [2.45, 2.75) is 317 Å². The summed E-state index contributed by atoms with van der Waals surface area (Å²) in [5.74, 6) is 0.970. The highest BCUT2D eigenvalue weighted by atomic mass is 14.1.